The predicted molar refractivity (Wildman–Crippen MR) is 86.3 cm³/mol. The summed E-state index contributed by atoms with van der Waals surface area (Å²) < 4.78 is 10.9. The number of rotatable bonds is 5. The Bertz CT molecular complexity index is 494. The van der Waals surface area contributed by atoms with E-state index < -0.39 is 0 Å². The van der Waals surface area contributed by atoms with E-state index in [1.807, 2.05) is 18.2 Å². The fraction of sp³-hybridized carbons (Fsp3) is 0.588. The molecule has 0 bridgehead atoms. The number of benzene rings is 1. The van der Waals surface area contributed by atoms with Gasteiger partial charge in [0.1, 0.15) is 0 Å². The number of hydrogen-bond donors (Lipinski definition) is 1. The lowest BCUT2D eigenvalue weighted by Crippen LogP contribution is -2.36. The van der Waals surface area contributed by atoms with Gasteiger partial charge in [0.25, 0.3) is 0 Å². The number of morpholine rings is 1. The first-order valence-corrected chi connectivity index (χ1v) is 8.15. The van der Waals surface area contributed by atoms with E-state index in [0.717, 1.165) is 63.5 Å². The van der Waals surface area contributed by atoms with Gasteiger partial charge in [-0.1, -0.05) is 6.07 Å². The molecule has 1 aromatic carbocycles. The Kier molecular flexibility index (Phi) is 5.29. The van der Waals surface area contributed by atoms with Crippen LogP contribution >= 0.6 is 0 Å². The number of carbonyl (C=O) groups excluding carboxylic acids is 1. The van der Waals surface area contributed by atoms with Gasteiger partial charge in [-0.2, -0.15) is 0 Å². The van der Waals surface area contributed by atoms with E-state index in [2.05, 4.69) is 16.3 Å². The van der Waals surface area contributed by atoms with E-state index in [4.69, 9.17) is 9.47 Å². The van der Waals surface area contributed by atoms with Crippen LogP contribution in [0.3, 0.4) is 0 Å². The Labute approximate surface area is 131 Å². The number of carbonyl (C=O) groups is 1. The van der Waals surface area contributed by atoms with Gasteiger partial charge in [0, 0.05) is 37.5 Å². The van der Waals surface area contributed by atoms with Crippen LogP contribution < -0.4 is 10.2 Å². The van der Waals surface area contributed by atoms with Gasteiger partial charge in [0.2, 0.25) is 5.91 Å². The molecule has 1 unspecified atom stereocenters. The van der Waals surface area contributed by atoms with Crippen molar-refractivity contribution in [3.63, 3.8) is 0 Å². The summed E-state index contributed by atoms with van der Waals surface area (Å²) in [4.78, 5) is 14.3. The van der Waals surface area contributed by atoms with Gasteiger partial charge < -0.3 is 19.7 Å². The Balaban J connectivity index is 1.51. The monoisotopic (exact) mass is 304 g/mol. The summed E-state index contributed by atoms with van der Waals surface area (Å²) in [6.07, 6.45) is 3.81. The molecule has 2 fully saturated rings. The third-order valence-electron chi connectivity index (χ3n) is 4.22. The van der Waals surface area contributed by atoms with Crippen molar-refractivity contribution in [1.82, 2.24) is 0 Å². The van der Waals surface area contributed by atoms with Crippen LogP contribution in [0.1, 0.15) is 25.7 Å². The van der Waals surface area contributed by atoms with Gasteiger partial charge in [-0.15, -0.1) is 0 Å². The first kappa shape index (κ1) is 15.3. The molecule has 1 aromatic rings. The molecular weight excluding hydrogens is 280 g/mol. The van der Waals surface area contributed by atoms with Crippen LogP contribution in [0.4, 0.5) is 11.4 Å². The van der Waals surface area contributed by atoms with E-state index in [-0.39, 0.29) is 12.0 Å². The SMILES string of the molecule is O=C(CCC1CCCO1)Nc1cccc(N2CCOCC2)c1. The molecule has 0 radical (unpaired) electrons. The second-order valence-corrected chi connectivity index (χ2v) is 5.87. The number of hydrogen-bond acceptors (Lipinski definition) is 4. The van der Waals surface area contributed by atoms with Gasteiger partial charge in [0.05, 0.1) is 19.3 Å². The van der Waals surface area contributed by atoms with Crippen molar-refractivity contribution in [1.29, 1.82) is 0 Å². The summed E-state index contributed by atoms with van der Waals surface area (Å²) in [7, 11) is 0. The molecular formula is C17H24N2O3. The van der Waals surface area contributed by atoms with Crippen molar-refractivity contribution in [2.24, 2.45) is 0 Å². The van der Waals surface area contributed by atoms with Gasteiger partial charge in [-0.3, -0.25) is 4.79 Å². The molecule has 5 nitrogen and oxygen atoms in total. The zero-order valence-electron chi connectivity index (χ0n) is 12.9. The Morgan fingerprint density at radius 3 is 2.91 bits per heavy atom. The lowest BCUT2D eigenvalue weighted by atomic mass is 10.1. The highest BCUT2D eigenvalue weighted by Crippen LogP contribution is 2.21. The molecule has 1 atom stereocenters. The fourth-order valence-electron chi connectivity index (χ4n) is 2.99. The third-order valence-corrected chi connectivity index (χ3v) is 4.22. The van der Waals surface area contributed by atoms with Crippen LogP contribution in [0.15, 0.2) is 24.3 Å². The second kappa shape index (κ2) is 7.61. The first-order valence-electron chi connectivity index (χ1n) is 8.15. The lowest BCUT2D eigenvalue weighted by Gasteiger charge is -2.29. The first-order chi connectivity index (χ1) is 10.8. The van der Waals surface area contributed by atoms with Crippen molar-refractivity contribution in [3.05, 3.63) is 24.3 Å². The smallest absolute Gasteiger partial charge is 0.224 e. The topological polar surface area (TPSA) is 50.8 Å². The van der Waals surface area contributed by atoms with Gasteiger partial charge in [-0.25, -0.2) is 0 Å². The summed E-state index contributed by atoms with van der Waals surface area (Å²) in [5, 5.41) is 2.99. The van der Waals surface area contributed by atoms with Crippen LogP contribution in [0, 0.1) is 0 Å². The molecule has 0 aliphatic carbocycles. The fourth-order valence-corrected chi connectivity index (χ4v) is 2.99. The van der Waals surface area contributed by atoms with E-state index in [0.29, 0.717) is 6.42 Å². The van der Waals surface area contributed by atoms with Crippen molar-refractivity contribution < 1.29 is 14.3 Å². The van der Waals surface area contributed by atoms with Crippen LogP contribution in [0.25, 0.3) is 0 Å². The molecule has 2 saturated heterocycles. The Hall–Kier alpha value is -1.59. The van der Waals surface area contributed by atoms with Crippen molar-refractivity contribution in [3.8, 4) is 0 Å². The maximum Gasteiger partial charge on any atom is 0.224 e. The number of ether oxygens (including phenoxy) is 2. The molecule has 22 heavy (non-hydrogen) atoms. The summed E-state index contributed by atoms with van der Waals surface area (Å²) in [6.45, 7) is 4.16. The number of anilines is 2. The molecule has 2 aliphatic rings. The predicted octanol–water partition coefficient (Wildman–Crippen LogP) is 2.42. The quantitative estimate of drug-likeness (QED) is 0.907. The zero-order valence-corrected chi connectivity index (χ0v) is 12.9. The molecule has 0 saturated carbocycles. The van der Waals surface area contributed by atoms with Gasteiger partial charge in [-0.05, 0) is 37.5 Å². The summed E-state index contributed by atoms with van der Waals surface area (Å²) in [5.41, 5.74) is 2.00. The molecule has 2 aliphatic heterocycles. The maximum absolute atomic E-state index is 12.1. The summed E-state index contributed by atoms with van der Waals surface area (Å²) in [5.74, 6) is 0.0645. The number of nitrogens with zero attached hydrogens (tertiary/aromatic N) is 1. The minimum atomic E-state index is 0.0645. The molecule has 120 valence electrons. The molecule has 5 heteroatoms. The van der Waals surface area contributed by atoms with E-state index in [1.165, 1.54) is 0 Å². The van der Waals surface area contributed by atoms with Crippen LogP contribution in [0.5, 0.6) is 0 Å². The second-order valence-electron chi connectivity index (χ2n) is 5.87. The van der Waals surface area contributed by atoms with Crippen LogP contribution in [-0.4, -0.2) is 44.9 Å². The largest absolute Gasteiger partial charge is 0.378 e. The minimum Gasteiger partial charge on any atom is -0.378 e. The minimum absolute atomic E-state index is 0.0645. The highest BCUT2D eigenvalue weighted by molar-refractivity contribution is 5.91. The zero-order chi connectivity index (χ0) is 15.2. The van der Waals surface area contributed by atoms with Gasteiger partial charge in [0.15, 0.2) is 0 Å². The molecule has 3 rings (SSSR count). The lowest BCUT2D eigenvalue weighted by molar-refractivity contribution is -0.116. The maximum atomic E-state index is 12.1. The van der Waals surface area contributed by atoms with E-state index >= 15 is 0 Å². The molecule has 1 N–H and O–H groups in total. The summed E-state index contributed by atoms with van der Waals surface area (Å²) in [6, 6.07) is 8.04. The average Bonchev–Trinajstić information content (AvgIpc) is 3.08. The number of amides is 1. The van der Waals surface area contributed by atoms with E-state index in [9.17, 15) is 4.79 Å². The van der Waals surface area contributed by atoms with Gasteiger partial charge >= 0.3 is 0 Å². The molecule has 1 amide bonds. The van der Waals surface area contributed by atoms with E-state index in [1.54, 1.807) is 0 Å². The molecule has 0 spiro atoms. The molecule has 2 heterocycles. The highest BCUT2D eigenvalue weighted by Gasteiger charge is 2.17. The van der Waals surface area contributed by atoms with Crippen LogP contribution in [0.2, 0.25) is 0 Å². The third kappa shape index (κ3) is 4.21. The molecule has 0 aromatic heterocycles. The van der Waals surface area contributed by atoms with Crippen molar-refractivity contribution in [2.45, 2.75) is 31.8 Å². The highest BCUT2D eigenvalue weighted by atomic mass is 16.5. The van der Waals surface area contributed by atoms with Crippen molar-refractivity contribution >= 4 is 17.3 Å². The Morgan fingerprint density at radius 2 is 2.14 bits per heavy atom. The average molecular weight is 304 g/mol. The summed E-state index contributed by atoms with van der Waals surface area (Å²) >= 11 is 0. The normalized spacial score (nSPS) is 21.8. The Morgan fingerprint density at radius 1 is 1.27 bits per heavy atom. The standard InChI is InChI=1S/C17H24N2O3/c20-17(7-6-16-5-2-10-22-16)18-14-3-1-4-15(13-14)19-8-11-21-12-9-19/h1,3-4,13,16H,2,5-12H2,(H,18,20). The number of nitrogens with one attached hydrogen (secondary N) is 1. The van der Waals surface area contributed by atoms with Crippen molar-refractivity contribution in [2.75, 3.05) is 43.1 Å². The van der Waals surface area contributed by atoms with Crippen LogP contribution in [-0.2, 0) is 14.3 Å².